The molecule has 0 aliphatic rings. The number of benzene rings is 2. The van der Waals surface area contributed by atoms with E-state index in [9.17, 15) is 0 Å². The molecule has 2 aromatic carbocycles. The Labute approximate surface area is 115 Å². The molecule has 2 heteroatoms. The van der Waals surface area contributed by atoms with Crippen LogP contribution in [0.1, 0.15) is 12.5 Å². The molecule has 0 aliphatic carbocycles. The molecule has 2 aromatic rings. The molecule has 86 valence electrons. The highest BCUT2D eigenvalue weighted by Crippen LogP contribution is 2.27. The lowest BCUT2D eigenvalue weighted by atomic mass is 10.2. The van der Waals surface area contributed by atoms with E-state index in [1.807, 2.05) is 6.07 Å². The Hall–Kier alpha value is -0.990. The van der Waals surface area contributed by atoms with Crippen LogP contribution in [0, 0.1) is 0 Å². The first-order valence-electron chi connectivity index (χ1n) is 5.41. The zero-order chi connectivity index (χ0) is 12.1. The van der Waals surface area contributed by atoms with Gasteiger partial charge in [-0.1, -0.05) is 58.0 Å². The molecule has 2 rings (SSSR count). The van der Waals surface area contributed by atoms with Gasteiger partial charge in [-0.25, -0.2) is 0 Å². The molecule has 0 aliphatic heterocycles. The Balaban J connectivity index is 2.09. The number of allylic oxidation sites excluding steroid dienone is 1. The van der Waals surface area contributed by atoms with Gasteiger partial charge in [0.2, 0.25) is 0 Å². The van der Waals surface area contributed by atoms with Crippen LogP contribution < -0.4 is 0 Å². The van der Waals surface area contributed by atoms with Crippen LogP contribution in [0.2, 0.25) is 0 Å². The van der Waals surface area contributed by atoms with Crippen LogP contribution in [0.5, 0.6) is 0 Å². The Morgan fingerprint density at radius 2 is 1.65 bits per heavy atom. The molecule has 0 aromatic heterocycles. The second-order valence-electron chi connectivity index (χ2n) is 3.72. The van der Waals surface area contributed by atoms with E-state index in [1.54, 1.807) is 11.8 Å². The molecule has 0 fully saturated rings. The molecule has 0 saturated carbocycles. The SMILES string of the molecule is C/C(=C/c1ccc(Br)cc1)Sc1ccccc1. The highest BCUT2D eigenvalue weighted by atomic mass is 79.9. The van der Waals surface area contributed by atoms with E-state index in [0.717, 1.165) is 4.47 Å². The van der Waals surface area contributed by atoms with E-state index < -0.39 is 0 Å². The van der Waals surface area contributed by atoms with E-state index in [4.69, 9.17) is 0 Å². The summed E-state index contributed by atoms with van der Waals surface area (Å²) in [6.45, 7) is 2.14. The molecule has 0 spiro atoms. The predicted octanol–water partition coefficient (Wildman–Crippen LogP) is 5.60. The molecule has 17 heavy (non-hydrogen) atoms. The van der Waals surface area contributed by atoms with Crippen LogP contribution in [0.15, 0.2) is 68.9 Å². The first-order valence-corrected chi connectivity index (χ1v) is 7.02. The minimum atomic E-state index is 1.11. The molecule has 0 heterocycles. The van der Waals surface area contributed by atoms with Gasteiger partial charge in [0.1, 0.15) is 0 Å². The molecule has 0 bridgehead atoms. The van der Waals surface area contributed by atoms with E-state index >= 15 is 0 Å². The van der Waals surface area contributed by atoms with Crippen molar-refractivity contribution in [3.8, 4) is 0 Å². The Bertz CT molecular complexity index is 500. The molecule has 0 nitrogen and oxygen atoms in total. The van der Waals surface area contributed by atoms with Crippen LogP contribution in [0.4, 0.5) is 0 Å². The number of rotatable bonds is 3. The normalized spacial score (nSPS) is 11.5. The van der Waals surface area contributed by atoms with Crippen molar-refractivity contribution in [2.75, 3.05) is 0 Å². The van der Waals surface area contributed by atoms with E-state index in [0.29, 0.717) is 0 Å². The summed E-state index contributed by atoms with van der Waals surface area (Å²) in [5.74, 6) is 0. The van der Waals surface area contributed by atoms with Crippen molar-refractivity contribution in [2.45, 2.75) is 11.8 Å². The first-order chi connectivity index (χ1) is 8.24. The van der Waals surface area contributed by atoms with Gasteiger partial charge in [-0.15, -0.1) is 0 Å². The van der Waals surface area contributed by atoms with Crippen molar-refractivity contribution < 1.29 is 0 Å². The summed E-state index contributed by atoms with van der Waals surface area (Å²) < 4.78 is 1.11. The Morgan fingerprint density at radius 1 is 1.00 bits per heavy atom. The van der Waals surface area contributed by atoms with Crippen molar-refractivity contribution in [1.82, 2.24) is 0 Å². The lowest BCUT2D eigenvalue weighted by Crippen LogP contribution is -1.74. The smallest absolute Gasteiger partial charge is 0.0175 e. The molecule has 0 radical (unpaired) electrons. The first kappa shape index (κ1) is 12.5. The van der Waals surface area contributed by atoms with Crippen molar-refractivity contribution in [1.29, 1.82) is 0 Å². The highest BCUT2D eigenvalue weighted by Gasteiger charge is 1.95. The highest BCUT2D eigenvalue weighted by molar-refractivity contribution is 9.10. The maximum Gasteiger partial charge on any atom is 0.0175 e. The average molecular weight is 305 g/mol. The van der Waals surface area contributed by atoms with E-state index in [-0.39, 0.29) is 0 Å². The zero-order valence-electron chi connectivity index (χ0n) is 9.56. The third-order valence-electron chi connectivity index (χ3n) is 2.26. The summed E-state index contributed by atoms with van der Waals surface area (Å²) in [4.78, 5) is 2.57. The fourth-order valence-electron chi connectivity index (χ4n) is 1.50. The van der Waals surface area contributed by atoms with Crippen molar-refractivity contribution in [2.24, 2.45) is 0 Å². The minimum Gasteiger partial charge on any atom is -0.0948 e. The fourth-order valence-corrected chi connectivity index (χ4v) is 2.62. The molecular weight excluding hydrogens is 292 g/mol. The minimum absolute atomic E-state index is 1.11. The van der Waals surface area contributed by atoms with Gasteiger partial charge >= 0.3 is 0 Å². The molecule has 0 N–H and O–H groups in total. The van der Waals surface area contributed by atoms with Crippen molar-refractivity contribution in [3.63, 3.8) is 0 Å². The van der Waals surface area contributed by atoms with Crippen LogP contribution in [-0.4, -0.2) is 0 Å². The van der Waals surface area contributed by atoms with Gasteiger partial charge in [-0.2, -0.15) is 0 Å². The molecule has 0 unspecified atom stereocenters. The van der Waals surface area contributed by atoms with E-state index in [2.05, 4.69) is 77.5 Å². The zero-order valence-corrected chi connectivity index (χ0v) is 12.0. The lowest BCUT2D eigenvalue weighted by molar-refractivity contribution is 1.46. The van der Waals surface area contributed by atoms with Gasteiger partial charge in [0.05, 0.1) is 0 Å². The summed E-state index contributed by atoms with van der Waals surface area (Å²) in [6.07, 6.45) is 2.20. The van der Waals surface area contributed by atoms with Crippen LogP contribution in [-0.2, 0) is 0 Å². The van der Waals surface area contributed by atoms with Crippen molar-refractivity contribution in [3.05, 3.63) is 69.5 Å². The summed E-state index contributed by atoms with van der Waals surface area (Å²) in [5.41, 5.74) is 1.23. The van der Waals surface area contributed by atoms with Gasteiger partial charge in [-0.3, -0.25) is 0 Å². The second-order valence-corrected chi connectivity index (χ2v) is 5.96. The number of thioether (sulfide) groups is 1. The quantitative estimate of drug-likeness (QED) is 0.665. The predicted molar refractivity (Wildman–Crippen MR) is 80.1 cm³/mol. The number of hydrogen-bond donors (Lipinski definition) is 0. The van der Waals surface area contributed by atoms with Crippen LogP contribution in [0.3, 0.4) is 0 Å². The van der Waals surface area contributed by atoms with Gasteiger partial charge in [0, 0.05) is 9.37 Å². The molecule has 0 amide bonds. The van der Waals surface area contributed by atoms with Crippen LogP contribution >= 0.6 is 27.7 Å². The second kappa shape index (κ2) is 6.08. The Morgan fingerprint density at radius 3 is 2.29 bits per heavy atom. The van der Waals surface area contributed by atoms with Crippen LogP contribution in [0.25, 0.3) is 6.08 Å². The monoisotopic (exact) mass is 304 g/mol. The third-order valence-corrected chi connectivity index (χ3v) is 3.74. The summed E-state index contributed by atoms with van der Waals surface area (Å²) in [6, 6.07) is 18.8. The molecular formula is C15H13BrS. The molecule has 0 atom stereocenters. The third kappa shape index (κ3) is 4.06. The van der Waals surface area contributed by atoms with E-state index in [1.165, 1.54) is 15.4 Å². The number of hydrogen-bond acceptors (Lipinski definition) is 1. The number of halogens is 1. The molecule has 0 saturated heterocycles. The Kier molecular flexibility index (Phi) is 4.46. The van der Waals surface area contributed by atoms with Gasteiger partial charge in [0.15, 0.2) is 0 Å². The van der Waals surface area contributed by atoms with Crippen molar-refractivity contribution >= 4 is 33.8 Å². The standard InChI is InChI=1S/C15H13BrS/c1-12(17-15-5-3-2-4-6-15)11-13-7-9-14(16)10-8-13/h2-11H,1H3/b12-11-. The lowest BCUT2D eigenvalue weighted by Gasteiger charge is -2.01. The maximum absolute atomic E-state index is 3.44. The van der Waals surface area contributed by atoms with Gasteiger partial charge in [0.25, 0.3) is 0 Å². The average Bonchev–Trinajstić information content (AvgIpc) is 2.33. The summed E-state index contributed by atoms with van der Waals surface area (Å²) in [5, 5.41) is 0. The van der Waals surface area contributed by atoms with Gasteiger partial charge < -0.3 is 0 Å². The largest absolute Gasteiger partial charge is 0.0948 e. The summed E-state index contributed by atoms with van der Waals surface area (Å²) >= 11 is 5.23. The maximum atomic E-state index is 3.44. The topological polar surface area (TPSA) is 0 Å². The fraction of sp³-hybridized carbons (Fsp3) is 0.0667. The van der Waals surface area contributed by atoms with Gasteiger partial charge in [-0.05, 0) is 47.7 Å². The summed E-state index contributed by atoms with van der Waals surface area (Å²) in [7, 11) is 0.